The summed E-state index contributed by atoms with van der Waals surface area (Å²) in [5, 5.41) is 2.24. The van der Waals surface area contributed by atoms with Crippen LogP contribution >= 0.6 is 0 Å². The second kappa shape index (κ2) is 9.48. The lowest BCUT2D eigenvalue weighted by Crippen LogP contribution is -2.48. The van der Waals surface area contributed by atoms with Gasteiger partial charge in [-0.1, -0.05) is 66.7 Å². The van der Waals surface area contributed by atoms with Gasteiger partial charge < -0.3 is 10.3 Å². The molecule has 4 aromatic rings. The number of ketones is 1. The van der Waals surface area contributed by atoms with Crippen molar-refractivity contribution in [3.05, 3.63) is 95.9 Å². The Labute approximate surface area is 191 Å². The number of hydrogen-bond acceptors (Lipinski definition) is 4. The molecule has 0 radical (unpaired) electrons. The average Bonchev–Trinajstić information content (AvgIpc) is 3.18. The maximum absolute atomic E-state index is 12.7. The van der Waals surface area contributed by atoms with Crippen LogP contribution in [0.4, 0.5) is 5.82 Å². The quantitative estimate of drug-likeness (QED) is 0.319. The van der Waals surface area contributed by atoms with E-state index in [-0.39, 0.29) is 6.42 Å². The third-order valence-corrected chi connectivity index (χ3v) is 5.72. The third-order valence-electron chi connectivity index (χ3n) is 5.72. The third kappa shape index (κ3) is 4.67. The number of amides is 2. The molecule has 0 spiro atoms. The van der Waals surface area contributed by atoms with Crippen LogP contribution in [-0.4, -0.2) is 33.7 Å². The fourth-order valence-electron chi connectivity index (χ4n) is 3.98. The minimum atomic E-state index is -1.08. The predicted molar refractivity (Wildman–Crippen MR) is 127 cm³/mol. The number of carbonyl (C=O) groups excluding carboxylic acids is 3. The molecule has 0 bridgehead atoms. The molecule has 7 nitrogen and oxygen atoms in total. The highest BCUT2D eigenvalue weighted by Crippen LogP contribution is 2.24. The lowest BCUT2D eigenvalue weighted by Gasteiger charge is -2.27. The van der Waals surface area contributed by atoms with Crippen LogP contribution in [-0.2, 0) is 27.3 Å². The smallest absolute Gasteiger partial charge is 0.287 e. The highest BCUT2D eigenvalue weighted by Gasteiger charge is 2.32. The first-order chi connectivity index (χ1) is 16.0. The molecule has 0 unspecified atom stereocenters. The van der Waals surface area contributed by atoms with Gasteiger partial charge in [0.25, 0.3) is 5.91 Å². The van der Waals surface area contributed by atoms with E-state index in [1.54, 1.807) is 0 Å². The molecule has 0 aliphatic rings. The Balaban J connectivity index is 1.71. The second-order valence-electron chi connectivity index (χ2n) is 7.88. The number of carbonyl (C=O) groups is 3. The molecule has 0 saturated heterocycles. The van der Waals surface area contributed by atoms with Gasteiger partial charge in [-0.15, -0.1) is 0 Å². The largest absolute Gasteiger partial charge is 0.363 e. The van der Waals surface area contributed by atoms with Crippen LogP contribution in [0.1, 0.15) is 17.0 Å². The Morgan fingerprint density at radius 2 is 1.70 bits per heavy atom. The Morgan fingerprint density at radius 1 is 1.00 bits per heavy atom. The summed E-state index contributed by atoms with van der Waals surface area (Å²) in [7, 11) is 0. The Kier molecular flexibility index (Phi) is 6.31. The number of rotatable bonds is 9. The molecule has 1 aromatic heterocycles. The van der Waals surface area contributed by atoms with E-state index in [1.165, 1.54) is 11.1 Å². The number of primary amides is 1. The number of aromatic nitrogens is 2. The summed E-state index contributed by atoms with van der Waals surface area (Å²) < 4.78 is 1.85. The normalized spacial score (nSPS) is 11.8. The second-order valence-corrected chi connectivity index (χ2v) is 7.88. The molecule has 7 heteroatoms. The molecule has 4 rings (SSSR count). The van der Waals surface area contributed by atoms with Gasteiger partial charge in [0.2, 0.25) is 12.2 Å². The first-order valence-corrected chi connectivity index (χ1v) is 10.6. The molecule has 2 N–H and O–H groups in total. The molecule has 166 valence electrons. The van der Waals surface area contributed by atoms with E-state index >= 15 is 0 Å². The molecule has 0 saturated carbocycles. The zero-order chi connectivity index (χ0) is 23.4. The van der Waals surface area contributed by atoms with Gasteiger partial charge in [-0.05, 0) is 34.9 Å². The van der Waals surface area contributed by atoms with Crippen molar-refractivity contribution in [2.24, 2.45) is 5.73 Å². The highest BCUT2D eigenvalue weighted by molar-refractivity contribution is 6.38. The maximum atomic E-state index is 12.7. The standard InChI is InChI=1S/C26H24N4O3/c1-18-28-15-24(29(18)16-20-11-12-21-9-5-6-10-22(21)13-20)30(17-31)23(25(32)26(27)33)14-19-7-3-2-4-8-19/h2-13,15,17,23H,14,16H2,1H3,(H2,27,33)/t23-/m0/s1. The minimum absolute atomic E-state index is 0.154. The lowest BCUT2D eigenvalue weighted by atomic mass is 10.0. The fourth-order valence-corrected chi connectivity index (χ4v) is 3.98. The summed E-state index contributed by atoms with van der Waals surface area (Å²) in [6.45, 7) is 2.27. The monoisotopic (exact) mass is 440 g/mol. The first-order valence-electron chi connectivity index (χ1n) is 10.6. The number of nitrogens with zero attached hydrogens (tertiary/aromatic N) is 3. The van der Waals surface area contributed by atoms with Gasteiger partial charge in [0.15, 0.2) is 0 Å². The molecular formula is C26H24N4O3. The van der Waals surface area contributed by atoms with Gasteiger partial charge in [0.1, 0.15) is 17.7 Å². The van der Waals surface area contributed by atoms with Crippen molar-refractivity contribution in [1.29, 1.82) is 0 Å². The summed E-state index contributed by atoms with van der Waals surface area (Å²) in [4.78, 5) is 42.4. The summed E-state index contributed by atoms with van der Waals surface area (Å²) in [5.41, 5.74) is 7.15. The number of hydrogen-bond donors (Lipinski definition) is 1. The van der Waals surface area contributed by atoms with Crippen molar-refractivity contribution in [1.82, 2.24) is 9.55 Å². The first kappa shape index (κ1) is 22.0. The predicted octanol–water partition coefficient (Wildman–Crippen LogP) is 3.02. The summed E-state index contributed by atoms with van der Waals surface area (Å²) in [6, 6.07) is 22.3. The van der Waals surface area contributed by atoms with Crippen LogP contribution in [0.5, 0.6) is 0 Å². The number of imidazole rings is 1. The number of nitrogens with two attached hydrogens (primary N) is 1. The molecule has 1 atom stereocenters. The van der Waals surface area contributed by atoms with E-state index in [1.807, 2.05) is 78.2 Å². The Hall–Kier alpha value is -4.26. The van der Waals surface area contributed by atoms with Crippen molar-refractivity contribution >= 4 is 34.7 Å². The number of Topliss-reactive ketones (excluding diaryl/α,β-unsaturated/α-hetero) is 1. The van der Waals surface area contributed by atoms with Gasteiger partial charge in [-0.25, -0.2) is 4.98 Å². The van der Waals surface area contributed by atoms with Crippen LogP contribution in [0.25, 0.3) is 10.8 Å². The summed E-state index contributed by atoms with van der Waals surface area (Å²) in [6.07, 6.45) is 2.25. The fraction of sp³-hybridized carbons (Fsp3) is 0.154. The van der Waals surface area contributed by atoms with Crippen molar-refractivity contribution < 1.29 is 14.4 Å². The summed E-state index contributed by atoms with van der Waals surface area (Å²) >= 11 is 0. The number of anilines is 1. The van der Waals surface area contributed by atoms with E-state index in [0.717, 1.165) is 21.9 Å². The van der Waals surface area contributed by atoms with Gasteiger partial charge in [0.05, 0.1) is 12.7 Å². The van der Waals surface area contributed by atoms with Crippen LogP contribution in [0.15, 0.2) is 79.0 Å². The molecule has 1 heterocycles. The van der Waals surface area contributed by atoms with Gasteiger partial charge in [-0.3, -0.25) is 19.3 Å². The lowest BCUT2D eigenvalue weighted by molar-refractivity contribution is -0.137. The van der Waals surface area contributed by atoms with Crippen molar-refractivity contribution in [2.75, 3.05) is 4.90 Å². The maximum Gasteiger partial charge on any atom is 0.287 e. The van der Waals surface area contributed by atoms with Crippen LogP contribution in [0.3, 0.4) is 0 Å². The molecule has 33 heavy (non-hydrogen) atoms. The SMILES string of the molecule is Cc1ncc(N(C=O)[C@@H](Cc2ccccc2)C(=O)C(N)=O)n1Cc1ccc2ccccc2c1. The molecule has 0 aliphatic carbocycles. The van der Waals surface area contributed by atoms with E-state index < -0.39 is 17.7 Å². The van der Waals surface area contributed by atoms with Crippen LogP contribution in [0.2, 0.25) is 0 Å². The molecule has 0 fully saturated rings. The summed E-state index contributed by atoms with van der Waals surface area (Å²) in [5.74, 6) is -0.816. The minimum Gasteiger partial charge on any atom is -0.363 e. The van der Waals surface area contributed by atoms with E-state index in [9.17, 15) is 14.4 Å². The van der Waals surface area contributed by atoms with E-state index in [2.05, 4.69) is 11.1 Å². The van der Waals surface area contributed by atoms with Crippen molar-refractivity contribution in [3.8, 4) is 0 Å². The molecule has 2 amide bonds. The molecule has 3 aromatic carbocycles. The Bertz CT molecular complexity index is 1310. The van der Waals surface area contributed by atoms with Gasteiger partial charge in [-0.2, -0.15) is 0 Å². The topological polar surface area (TPSA) is 98.3 Å². The van der Waals surface area contributed by atoms with Gasteiger partial charge in [0, 0.05) is 6.42 Å². The number of fused-ring (bicyclic) bond motifs is 1. The van der Waals surface area contributed by atoms with E-state index in [4.69, 9.17) is 5.73 Å². The van der Waals surface area contributed by atoms with Crippen LogP contribution < -0.4 is 10.6 Å². The number of aryl methyl sites for hydroxylation is 1. The van der Waals surface area contributed by atoms with Crippen molar-refractivity contribution in [3.63, 3.8) is 0 Å². The highest BCUT2D eigenvalue weighted by atomic mass is 16.2. The van der Waals surface area contributed by atoms with Gasteiger partial charge >= 0.3 is 0 Å². The van der Waals surface area contributed by atoms with E-state index in [0.29, 0.717) is 24.6 Å². The molecular weight excluding hydrogens is 416 g/mol. The average molecular weight is 441 g/mol. The van der Waals surface area contributed by atoms with Crippen molar-refractivity contribution in [2.45, 2.75) is 25.9 Å². The van der Waals surface area contributed by atoms with Crippen LogP contribution in [0, 0.1) is 6.92 Å². The zero-order valence-corrected chi connectivity index (χ0v) is 18.2. The Morgan fingerprint density at radius 3 is 2.39 bits per heavy atom. The number of benzene rings is 3. The zero-order valence-electron chi connectivity index (χ0n) is 18.2. The molecule has 0 aliphatic heterocycles.